The lowest BCUT2D eigenvalue weighted by atomic mass is 10.3. The maximum absolute atomic E-state index is 5.64. The molecule has 1 aromatic heterocycles. The number of fused-ring (bicyclic) bond motifs is 1. The molecule has 19 heavy (non-hydrogen) atoms. The molecule has 0 amide bonds. The number of hydrazone groups is 1. The van der Waals surface area contributed by atoms with Crippen LogP contribution in [0.2, 0.25) is 0 Å². The van der Waals surface area contributed by atoms with Crippen LogP contribution in [0.1, 0.15) is 0 Å². The van der Waals surface area contributed by atoms with Crippen molar-refractivity contribution < 1.29 is 0 Å². The van der Waals surface area contributed by atoms with E-state index in [1.54, 1.807) is 12.1 Å². The van der Waals surface area contributed by atoms with E-state index in [2.05, 4.69) is 30.7 Å². The molecule has 0 fully saturated rings. The summed E-state index contributed by atoms with van der Waals surface area (Å²) in [5.41, 5.74) is 14.1. The van der Waals surface area contributed by atoms with Gasteiger partial charge < -0.3 is 11.5 Å². The zero-order valence-corrected chi connectivity index (χ0v) is 10.1. The molecular weight excluding hydrogens is 246 g/mol. The number of nitrogens with two attached hydrogens (primary N) is 2. The average molecular weight is 257 g/mol. The Morgan fingerprint density at radius 3 is 2.68 bits per heavy atom. The van der Waals surface area contributed by atoms with Crippen LogP contribution in [0.15, 0.2) is 33.5 Å². The van der Waals surface area contributed by atoms with Crippen LogP contribution < -0.4 is 16.5 Å². The van der Waals surface area contributed by atoms with Crippen LogP contribution in [0.3, 0.4) is 0 Å². The highest BCUT2D eigenvalue weighted by atomic mass is 15.5. The minimum atomic E-state index is 0.201. The summed E-state index contributed by atoms with van der Waals surface area (Å²) in [4.78, 5) is 0. The van der Waals surface area contributed by atoms with Crippen LogP contribution in [0.5, 0.6) is 0 Å². The minimum Gasteiger partial charge on any atom is -0.380 e. The number of anilines is 1. The third-order valence-electron chi connectivity index (χ3n) is 2.68. The summed E-state index contributed by atoms with van der Waals surface area (Å²) in [7, 11) is 1.77. The number of benzene rings is 1. The van der Waals surface area contributed by atoms with Crippen molar-refractivity contribution >= 4 is 34.1 Å². The average Bonchev–Trinajstić information content (AvgIpc) is 2.99. The Balaban J connectivity index is 1.95. The molecule has 0 spiro atoms. The monoisotopic (exact) mass is 257 g/mol. The molecule has 2 aromatic rings. The lowest BCUT2D eigenvalue weighted by Gasteiger charge is -2.13. The summed E-state index contributed by atoms with van der Waals surface area (Å²) in [6.45, 7) is 0. The van der Waals surface area contributed by atoms with Gasteiger partial charge in [-0.2, -0.15) is 5.10 Å². The molecule has 9 heteroatoms. The van der Waals surface area contributed by atoms with E-state index in [-0.39, 0.29) is 11.7 Å². The molecule has 0 aliphatic carbocycles. The van der Waals surface area contributed by atoms with E-state index in [4.69, 9.17) is 11.5 Å². The molecule has 0 bridgehead atoms. The largest absolute Gasteiger partial charge is 0.380 e. The Morgan fingerprint density at radius 2 is 1.95 bits per heavy atom. The van der Waals surface area contributed by atoms with Gasteiger partial charge in [-0.15, -0.1) is 15.3 Å². The van der Waals surface area contributed by atoms with Gasteiger partial charge in [0.15, 0.2) is 17.4 Å². The normalized spacial score (nSPS) is 14.5. The number of rotatable bonds is 2. The van der Waals surface area contributed by atoms with E-state index in [1.165, 1.54) is 0 Å². The maximum atomic E-state index is 5.64. The third kappa shape index (κ3) is 1.86. The highest BCUT2D eigenvalue weighted by molar-refractivity contribution is 6.68. The number of nitrogens with one attached hydrogen (secondary N) is 1. The van der Waals surface area contributed by atoms with Crippen molar-refractivity contribution in [2.75, 3.05) is 12.1 Å². The fourth-order valence-corrected chi connectivity index (χ4v) is 1.68. The standard InChI is InChI=1S/C10H11N9/c1-19(17-8-9(11)15-16-10(8)12)5-2-3-6-7(4-5)14-18-13-6/h2-4H,1H3,(H,13,14,18)(H4,11,12,15,16,17). The zero-order chi connectivity index (χ0) is 13.4. The van der Waals surface area contributed by atoms with Crippen molar-refractivity contribution in [3.8, 4) is 0 Å². The number of amidine groups is 2. The predicted octanol–water partition coefficient (Wildman–Crippen LogP) is -0.607. The minimum absolute atomic E-state index is 0.201. The Morgan fingerprint density at radius 1 is 1.21 bits per heavy atom. The first-order valence-corrected chi connectivity index (χ1v) is 5.45. The van der Waals surface area contributed by atoms with Crippen LogP contribution in [-0.2, 0) is 0 Å². The lowest BCUT2D eigenvalue weighted by Crippen LogP contribution is -2.34. The van der Waals surface area contributed by atoms with Crippen LogP contribution in [-0.4, -0.2) is 39.8 Å². The van der Waals surface area contributed by atoms with Gasteiger partial charge in [0.25, 0.3) is 0 Å². The Hall–Kier alpha value is -2.97. The van der Waals surface area contributed by atoms with E-state index in [0.29, 0.717) is 5.71 Å². The summed E-state index contributed by atoms with van der Waals surface area (Å²) in [6.07, 6.45) is 0. The van der Waals surface area contributed by atoms with Crippen LogP contribution in [0.25, 0.3) is 11.0 Å². The molecule has 2 heterocycles. The Bertz CT molecular complexity index is 703. The molecule has 96 valence electrons. The van der Waals surface area contributed by atoms with Gasteiger partial charge >= 0.3 is 0 Å². The number of nitrogens with zero attached hydrogens (tertiary/aromatic N) is 6. The lowest BCUT2D eigenvalue weighted by molar-refractivity contribution is 0.959. The topological polar surface area (TPSA) is 134 Å². The first-order chi connectivity index (χ1) is 9.15. The molecule has 0 atom stereocenters. The highest BCUT2D eigenvalue weighted by Gasteiger charge is 2.17. The molecule has 0 saturated heterocycles. The first kappa shape index (κ1) is 11.1. The number of hydrogen-bond acceptors (Lipinski definition) is 8. The van der Waals surface area contributed by atoms with Crippen molar-refractivity contribution in [1.29, 1.82) is 0 Å². The second-order valence-corrected chi connectivity index (χ2v) is 3.96. The summed E-state index contributed by atoms with van der Waals surface area (Å²) >= 11 is 0. The maximum Gasteiger partial charge on any atom is 0.177 e. The summed E-state index contributed by atoms with van der Waals surface area (Å²) < 4.78 is 0. The summed E-state index contributed by atoms with van der Waals surface area (Å²) in [5.74, 6) is 0.402. The fourth-order valence-electron chi connectivity index (χ4n) is 1.68. The number of H-pyrrole nitrogens is 1. The number of hydrogen-bond donors (Lipinski definition) is 3. The van der Waals surface area contributed by atoms with Gasteiger partial charge in [0.2, 0.25) is 0 Å². The molecule has 1 aromatic carbocycles. The molecule has 9 nitrogen and oxygen atoms in total. The summed E-state index contributed by atoms with van der Waals surface area (Å²) in [5, 5.41) is 23.7. The quantitative estimate of drug-likeness (QED) is 0.617. The van der Waals surface area contributed by atoms with E-state index < -0.39 is 0 Å². The first-order valence-electron chi connectivity index (χ1n) is 5.45. The second kappa shape index (κ2) is 4.05. The molecule has 3 rings (SSSR count). The van der Waals surface area contributed by atoms with Gasteiger partial charge in [-0.1, -0.05) is 5.21 Å². The number of aromatic nitrogens is 3. The van der Waals surface area contributed by atoms with Crippen molar-refractivity contribution in [2.24, 2.45) is 26.8 Å². The third-order valence-corrected chi connectivity index (χ3v) is 2.68. The van der Waals surface area contributed by atoms with Gasteiger partial charge in [-0.05, 0) is 18.2 Å². The molecule has 1 aliphatic rings. The van der Waals surface area contributed by atoms with Gasteiger partial charge in [0, 0.05) is 7.05 Å². The Kier molecular flexibility index (Phi) is 2.37. The van der Waals surface area contributed by atoms with Gasteiger partial charge in [0.05, 0.1) is 11.2 Å². The highest BCUT2D eigenvalue weighted by Crippen LogP contribution is 2.18. The smallest absolute Gasteiger partial charge is 0.177 e. The molecule has 1 aliphatic heterocycles. The molecule has 5 N–H and O–H groups in total. The van der Waals surface area contributed by atoms with Gasteiger partial charge in [-0.3, -0.25) is 10.1 Å². The molecule has 0 saturated carbocycles. The summed E-state index contributed by atoms with van der Waals surface area (Å²) in [6, 6.07) is 5.59. The van der Waals surface area contributed by atoms with Crippen molar-refractivity contribution in [2.45, 2.75) is 0 Å². The predicted molar refractivity (Wildman–Crippen MR) is 73.0 cm³/mol. The number of aromatic amines is 1. The fraction of sp³-hybridized carbons (Fsp3) is 0.100. The Labute approximate surface area is 107 Å². The molecule has 0 unspecified atom stereocenters. The van der Waals surface area contributed by atoms with Crippen LogP contribution in [0.4, 0.5) is 5.69 Å². The van der Waals surface area contributed by atoms with E-state index in [1.807, 2.05) is 18.2 Å². The SMILES string of the molecule is CN(N=C1C(N)=NN=C1N)c1ccc2[nH]nnc2c1. The van der Waals surface area contributed by atoms with Crippen molar-refractivity contribution in [3.05, 3.63) is 18.2 Å². The zero-order valence-electron chi connectivity index (χ0n) is 10.1. The van der Waals surface area contributed by atoms with E-state index >= 15 is 0 Å². The van der Waals surface area contributed by atoms with Gasteiger partial charge in [0.1, 0.15) is 5.52 Å². The van der Waals surface area contributed by atoms with Crippen LogP contribution in [0, 0.1) is 0 Å². The van der Waals surface area contributed by atoms with E-state index in [9.17, 15) is 0 Å². The van der Waals surface area contributed by atoms with Crippen LogP contribution >= 0.6 is 0 Å². The van der Waals surface area contributed by atoms with Crippen molar-refractivity contribution in [1.82, 2.24) is 15.4 Å². The van der Waals surface area contributed by atoms with Crippen molar-refractivity contribution in [3.63, 3.8) is 0 Å². The van der Waals surface area contributed by atoms with Gasteiger partial charge in [-0.25, -0.2) is 0 Å². The van der Waals surface area contributed by atoms with E-state index in [0.717, 1.165) is 16.7 Å². The molecule has 0 radical (unpaired) electrons. The second-order valence-electron chi connectivity index (χ2n) is 3.96. The molecular formula is C10H11N9.